The molecule has 0 bridgehead atoms. The van der Waals surface area contributed by atoms with E-state index in [1.165, 1.54) is 21.9 Å². The van der Waals surface area contributed by atoms with Crippen LogP contribution in [0.4, 0.5) is 17.1 Å². The van der Waals surface area contributed by atoms with Crippen LogP contribution in [0.2, 0.25) is 0 Å². The molecule has 30 heavy (non-hydrogen) atoms. The van der Waals surface area contributed by atoms with E-state index in [9.17, 15) is 0 Å². The number of anilines is 3. The Morgan fingerprint density at radius 3 is 1.57 bits per heavy atom. The van der Waals surface area contributed by atoms with Crippen LogP contribution in [-0.4, -0.2) is 0 Å². The fraction of sp³-hybridized carbons (Fsp3) is 0. The Hall–Kier alpha value is -3.36. The van der Waals surface area contributed by atoms with E-state index in [4.69, 9.17) is 0 Å². The zero-order chi connectivity index (χ0) is 20.3. The summed E-state index contributed by atoms with van der Waals surface area (Å²) in [5, 5.41) is 2.49. The molecule has 0 atom stereocenters. The molecule has 0 amide bonds. The number of hydrogen-bond acceptors (Lipinski definition) is 1. The highest BCUT2D eigenvalue weighted by Gasteiger charge is 2.12. The second kappa shape index (κ2) is 8.17. The maximum atomic E-state index is 3.55. The molecule has 0 aromatic heterocycles. The Morgan fingerprint density at radius 1 is 0.433 bits per heavy atom. The molecular formula is C28H20BrN. The van der Waals surface area contributed by atoms with Crippen molar-refractivity contribution in [3.63, 3.8) is 0 Å². The lowest BCUT2D eigenvalue weighted by Gasteiger charge is -2.25. The van der Waals surface area contributed by atoms with Gasteiger partial charge in [-0.15, -0.1) is 0 Å². The highest BCUT2D eigenvalue weighted by Crippen LogP contribution is 2.35. The summed E-state index contributed by atoms with van der Waals surface area (Å²) in [5.41, 5.74) is 5.87. The Bertz CT molecular complexity index is 1240. The lowest BCUT2D eigenvalue weighted by atomic mass is 10.0. The molecule has 0 fully saturated rings. The van der Waals surface area contributed by atoms with E-state index in [1.54, 1.807) is 0 Å². The van der Waals surface area contributed by atoms with Crippen molar-refractivity contribution in [1.82, 2.24) is 0 Å². The van der Waals surface area contributed by atoms with E-state index in [0.717, 1.165) is 21.5 Å². The van der Waals surface area contributed by atoms with E-state index in [2.05, 4.69) is 130 Å². The van der Waals surface area contributed by atoms with Gasteiger partial charge in [-0.2, -0.15) is 0 Å². The second-order valence-electron chi connectivity index (χ2n) is 7.26. The number of halogens is 1. The molecule has 0 spiro atoms. The number of hydrogen-bond donors (Lipinski definition) is 0. The Balaban J connectivity index is 1.53. The number of rotatable bonds is 4. The van der Waals surface area contributed by atoms with Gasteiger partial charge in [0.1, 0.15) is 0 Å². The van der Waals surface area contributed by atoms with Gasteiger partial charge in [-0.05, 0) is 76.5 Å². The summed E-state index contributed by atoms with van der Waals surface area (Å²) in [4.78, 5) is 2.28. The maximum Gasteiger partial charge on any atom is 0.0462 e. The summed E-state index contributed by atoms with van der Waals surface area (Å²) in [6, 6.07) is 42.8. The van der Waals surface area contributed by atoms with Gasteiger partial charge in [-0.1, -0.05) is 82.7 Å². The van der Waals surface area contributed by atoms with Crippen molar-refractivity contribution in [2.24, 2.45) is 0 Å². The van der Waals surface area contributed by atoms with Crippen LogP contribution in [0, 0.1) is 0 Å². The maximum absolute atomic E-state index is 3.55. The van der Waals surface area contributed by atoms with Gasteiger partial charge in [-0.25, -0.2) is 0 Å². The summed E-state index contributed by atoms with van der Waals surface area (Å²) < 4.78 is 1.11. The SMILES string of the molecule is Brc1ccc2cc(-c3ccc(N(c4ccccc4)c4ccccc4)cc3)ccc2c1. The van der Waals surface area contributed by atoms with Gasteiger partial charge in [0, 0.05) is 21.5 Å². The summed E-state index contributed by atoms with van der Waals surface area (Å²) in [6.45, 7) is 0. The molecule has 0 saturated heterocycles. The fourth-order valence-electron chi connectivity index (χ4n) is 3.80. The van der Waals surface area contributed by atoms with Gasteiger partial charge < -0.3 is 4.90 Å². The van der Waals surface area contributed by atoms with Gasteiger partial charge in [-0.3, -0.25) is 0 Å². The topological polar surface area (TPSA) is 3.24 Å². The standard InChI is InChI=1S/C28H20BrN/c29-25-16-13-23-19-22(11-12-24(23)20-25)21-14-17-28(18-15-21)30(26-7-3-1-4-8-26)27-9-5-2-6-10-27/h1-20H. The Kier molecular flexibility index (Phi) is 5.08. The first-order valence-corrected chi connectivity index (χ1v) is 10.8. The predicted octanol–water partition coefficient (Wildman–Crippen LogP) is 8.74. The minimum Gasteiger partial charge on any atom is -0.311 e. The summed E-state index contributed by atoms with van der Waals surface area (Å²) in [7, 11) is 0. The summed E-state index contributed by atoms with van der Waals surface area (Å²) >= 11 is 3.55. The quantitative estimate of drug-likeness (QED) is 0.265. The fourth-order valence-corrected chi connectivity index (χ4v) is 4.18. The summed E-state index contributed by atoms with van der Waals surface area (Å²) in [5.74, 6) is 0. The largest absolute Gasteiger partial charge is 0.311 e. The second-order valence-corrected chi connectivity index (χ2v) is 8.18. The van der Waals surface area contributed by atoms with Gasteiger partial charge in [0.25, 0.3) is 0 Å². The first-order chi connectivity index (χ1) is 14.8. The molecule has 2 heteroatoms. The molecule has 1 nitrogen and oxygen atoms in total. The molecule has 0 N–H and O–H groups in total. The van der Waals surface area contributed by atoms with Crippen LogP contribution in [0.25, 0.3) is 21.9 Å². The lowest BCUT2D eigenvalue weighted by Crippen LogP contribution is -2.09. The molecule has 0 heterocycles. The van der Waals surface area contributed by atoms with Gasteiger partial charge >= 0.3 is 0 Å². The molecule has 0 aliphatic rings. The number of nitrogens with zero attached hydrogens (tertiary/aromatic N) is 1. The van der Waals surface area contributed by atoms with Gasteiger partial charge in [0.2, 0.25) is 0 Å². The average molecular weight is 450 g/mol. The zero-order valence-corrected chi connectivity index (χ0v) is 18.0. The van der Waals surface area contributed by atoms with Crippen molar-refractivity contribution < 1.29 is 0 Å². The van der Waals surface area contributed by atoms with Crippen LogP contribution in [0.15, 0.2) is 126 Å². The molecule has 5 aromatic carbocycles. The highest BCUT2D eigenvalue weighted by molar-refractivity contribution is 9.10. The van der Waals surface area contributed by atoms with Crippen LogP contribution in [0.3, 0.4) is 0 Å². The van der Waals surface area contributed by atoms with Crippen molar-refractivity contribution in [3.05, 3.63) is 126 Å². The van der Waals surface area contributed by atoms with Crippen LogP contribution < -0.4 is 4.90 Å². The van der Waals surface area contributed by atoms with Gasteiger partial charge in [0.15, 0.2) is 0 Å². The van der Waals surface area contributed by atoms with Crippen molar-refractivity contribution in [2.45, 2.75) is 0 Å². The van der Waals surface area contributed by atoms with E-state index in [-0.39, 0.29) is 0 Å². The van der Waals surface area contributed by atoms with E-state index in [1.807, 2.05) is 12.1 Å². The van der Waals surface area contributed by atoms with Gasteiger partial charge in [0.05, 0.1) is 0 Å². The Morgan fingerprint density at radius 2 is 0.933 bits per heavy atom. The predicted molar refractivity (Wildman–Crippen MR) is 132 cm³/mol. The molecule has 0 aliphatic carbocycles. The van der Waals surface area contributed by atoms with Crippen LogP contribution in [0.1, 0.15) is 0 Å². The van der Waals surface area contributed by atoms with Crippen LogP contribution in [-0.2, 0) is 0 Å². The average Bonchev–Trinajstić information content (AvgIpc) is 2.81. The molecule has 144 valence electrons. The van der Waals surface area contributed by atoms with Crippen molar-refractivity contribution in [3.8, 4) is 11.1 Å². The lowest BCUT2D eigenvalue weighted by molar-refractivity contribution is 1.28. The summed E-state index contributed by atoms with van der Waals surface area (Å²) in [6.07, 6.45) is 0. The molecule has 5 rings (SSSR count). The smallest absolute Gasteiger partial charge is 0.0462 e. The molecular weight excluding hydrogens is 430 g/mol. The van der Waals surface area contributed by atoms with E-state index >= 15 is 0 Å². The molecule has 0 unspecified atom stereocenters. The van der Waals surface area contributed by atoms with Crippen molar-refractivity contribution in [1.29, 1.82) is 0 Å². The minimum atomic E-state index is 1.11. The molecule has 0 radical (unpaired) electrons. The third kappa shape index (κ3) is 3.74. The first-order valence-electron chi connectivity index (χ1n) is 9.98. The van der Waals surface area contributed by atoms with Crippen LogP contribution >= 0.6 is 15.9 Å². The van der Waals surface area contributed by atoms with Crippen LogP contribution in [0.5, 0.6) is 0 Å². The van der Waals surface area contributed by atoms with Crippen molar-refractivity contribution in [2.75, 3.05) is 4.90 Å². The van der Waals surface area contributed by atoms with Crippen molar-refractivity contribution >= 4 is 43.8 Å². The Labute approximate surface area is 185 Å². The van der Waals surface area contributed by atoms with E-state index < -0.39 is 0 Å². The highest BCUT2D eigenvalue weighted by atomic mass is 79.9. The molecule has 0 saturated carbocycles. The normalized spacial score (nSPS) is 10.8. The minimum absolute atomic E-state index is 1.11. The third-order valence-electron chi connectivity index (χ3n) is 5.29. The number of benzene rings is 5. The number of para-hydroxylation sites is 2. The molecule has 5 aromatic rings. The third-order valence-corrected chi connectivity index (χ3v) is 5.78. The number of fused-ring (bicyclic) bond motifs is 1. The first kappa shape index (κ1) is 18.7. The zero-order valence-electron chi connectivity index (χ0n) is 16.4. The molecule has 0 aliphatic heterocycles. The monoisotopic (exact) mass is 449 g/mol. The van der Waals surface area contributed by atoms with E-state index in [0.29, 0.717) is 0 Å².